The van der Waals surface area contributed by atoms with Crippen LogP contribution < -0.4 is 4.72 Å². The number of sulfonamides is 1. The molecule has 0 radical (unpaired) electrons. The molecule has 0 spiro atoms. The van der Waals surface area contributed by atoms with E-state index in [1.54, 1.807) is 6.07 Å². The molecule has 6 nitrogen and oxygen atoms in total. The second-order valence-electron chi connectivity index (χ2n) is 3.41. The van der Waals surface area contributed by atoms with Crippen molar-refractivity contribution < 1.29 is 16.8 Å². The second kappa shape index (κ2) is 5.32. The van der Waals surface area contributed by atoms with Gasteiger partial charge in [-0.1, -0.05) is 15.9 Å². The number of nitrogens with one attached hydrogen (secondary N) is 1. The number of hydrogen-bond acceptors (Lipinski definition) is 5. The molecule has 1 aromatic heterocycles. The van der Waals surface area contributed by atoms with Crippen LogP contribution in [-0.2, 0) is 19.9 Å². The number of rotatable bonds is 5. The van der Waals surface area contributed by atoms with Gasteiger partial charge >= 0.3 is 0 Å². The van der Waals surface area contributed by atoms with Crippen molar-refractivity contribution in [2.75, 3.05) is 22.5 Å². The monoisotopic (exact) mass is 342 g/mol. The van der Waals surface area contributed by atoms with Gasteiger partial charge in [-0.25, -0.2) is 21.8 Å². The maximum atomic E-state index is 11.5. The first-order valence-electron chi connectivity index (χ1n) is 4.48. The molecule has 17 heavy (non-hydrogen) atoms. The number of aromatic nitrogens is 1. The van der Waals surface area contributed by atoms with Crippen LogP contribution >= 0.6 is 15.9 Å². The van der Waals surface area contributed by atoms with Crippen LogP contribution in [-0.4, -0.2) is 39.6 Å². The molecule has 1 N–H and O–H groups in total. The van der Waals surface area contributed by atoms with Gasteiger partial charge in [-0.2, -0.15) is 0 Å². The van der Waals surface area contributed by atoms with Crippen molar-refractivity contribution in [3.8, 4) is 0 Å². The van der Waals surface area contributed by atoms with Crippen LogP contribution in [0.15, 0.2) is 22.8 Å². The van der Waals surface area contributed by atoms with Crippen LogP contribution in [0, 0.1) is 0 Å². The number of pyridine rings is 1. The Labute approximate surface area is 109 Å². The van der Waals surface area contributed by atoms with Crippen molar-refractivity contribution in [3.63, 3.8) is 0 Å². The van der Waals surface area contributed by atoms with Crippen molar-refractivity contribution in [1.82, 2.24) is 4.98 Å². The predicted molar refractivity (Wildman–Crippen MR) is 69.1 cm³/mol. The predicted octanol–water partition coefficient (Wildman–Crippen LogP) is 0.630. The van der Waals surface area contributed by atoms with E-state index >= 15 is 0 Å². The molecular weight excluding hydrogens is 332 g/mol. The highest BCUT2D eigenvalue weighted by Gasteiger charge is 2.15. The number of halogens is 1. The summed E-state index contributed by atoms with van der Waals surface area (Å²) in [6.07, 6.45) is 2.42. The maximum absolute atomic E-state index is 11.5. The Hall–Kier alpha value is -0.670. The van der Waals surface area contributed by atoms with Gasteiger partial charge in [-0.15, -0.1) is 0 Å². The largest absolute Gasteiger partial charge is 0.267 e. The summed E-state index contributed by atoms with van der Waals surface area (Å²) in [6.45, 7) is 0. The molecule has 0 aliphatic heterocycles. The fourth-order valence-corrected chi connectivity index (χ4v) is 3.89. The Morgan fingerprint density at radius 1 is 1.29 bits per heavy atom. The molecular formula is C8H11BrN2O4S2. The minimum absolute atomic E-state index is 0.146. The van der Waals surface area contributed by atoms with Gasteiger partial charge < -0.3 is 0 Å². The lowest BCUT2D eigenvalue weighted by atomic mass is 10.5. The van der Waals surface area contributed by atoms with E-state index in [-0.39, 0.29) is 5.82 Å². The van der Waals surface area contributed by atoms with Gasteiger partial charge in [0.2, 0.25) is 10.0 Å². The number of anilines is 1. The molecule has 0 unspecified atom stereocenters. The van der Waals surface area contributed by atoms with E-state index < -0.39 is 31.4 Å². The topological polar surface area (TPSA) is 93.2 Å². The van der Waals surface area contributed by atoms with E-state index in [2.05, 4.69) is 25.6 Å². The Morgan fingerprint density at radius 3 is 2.47 bits per heavy atom. The summed E-state index contributed by atoms with van der Waals surface area (Å²) in [4.78, 5) is 3.80. The third-order valence-electron chi connectivity index (χ3n) is 1.70. The van der Waals surface area contributed by atoms with Gasteiger partial charge in [0.25, 0.3) is 0 Å². The average Bonchev–Trinajstić information content (AvgIpc) is 2.13. The fraction of sp³-hybridized carbons (Fsp3) is 0.375. The van der Waals surface area contributed by atoms with E-state index in [0.29, 0.717) is 4.47 Å². The quantitative estimate of drug-likeness (QED) is 0.846. The fourth-order valence-electron chi connectivity index (χ4n) is 0.932. The van der Waals surface area contributed by atoms with Crippen LogP contribution in [0.3, 0.4) is 0 Å². The first kappa shape index (κ1) is 14.4. The van der Waals surface area contributed by atoms with Crippen LogP contribution in [0.4, 0.5) is 5.82 Å². The molecule has 0 aromatic carbocycles. The third kappa shape index (κ3) is 5.99. The third-order valence-corrected chi connectivity index (χ3v) is 4.66. The van der Waals surface area contributed by atoms with Crippen LogP contribution in [0.25, 0.3) is 0 Å². The molecule has 0 saturated heterocycles. The molecule has 0 saturated carbocycles. The summed E-state index contributed by atoms with van der Waals surface area (Å²) in [6, 6.07) is 3.13. The molecule has 1 aromatic rings. The van der Waals surface area contributed by atoms with Crippen molar-refractivity contribution in [2.45, 2.75) is 0 Å². The standard InChI is InChI=1S/C8H11BrN2O4S2/c1-16(12,13)4-5-17(14,15)11-8-6-7(9)2-3-10-8/h2-3,6H,4-5H2,1H3,(H,10,11). The van der Waals surface area contributed by atoms with Crippen LogP contribution in [0.1, 0.15) is 0 Å². The zero-order valence-corrected chi connectivity index (χ0v) is 12.1. The Morgan fingerprint density at radius 2 is 1.94 bits per heavy atom. The smallest absolute Gasteiger partial charge is 0.234 e. The first-order chi connectivity index (χ1) is 7.68. The highest BCUT2D eigenvalue weighted by Crippen LogP contribution is 2.13. The van der Waals surface area contributed by atoms with E-state index in [9.17, 15) is 16.8 Å². The van der Waals surface area contributed by atoms with Crippen molar-refractivity contribution in [1.29, 1.82) is 0 Å². The van der Waals surface area contributed by atoms with Crippen molar-refractivity contribution in [3.05, 3.63) is 22.8 Å². The summed E-state index contributed by atoms with van der Waals surface area (Å²) in [5.74, 6) is -0.760. The van der Waals surface area contributed by atoms with Gasteiger partial charge in [0.1, 0.15) is 15.7 Å². The lowest BCUT2D eigenvalue weighted by Gasteiger charge is -2.06. The maximum Gasteiger partial charge on any atom is 0.234 e. The number of hydrogen-bond donors (Lipinski definition) is 1. The van der Waals surface area contributed by atoms with Crippen LogP contribution in [0.2, 0.25) is 0 Å². The lowest BCUT2D eigenvalue weighted by Crippen LogP contribution is -2.22. The van der Waals surface area contributed by atoms with E-state index in [4.69, 9.17) is 0 Å². The molecule has 1 heterocycles. The minimum Gasteiger partial charge on any atom is -0.267 e. The van der Waals surface area contributed by atoms with Gasteiger partial charge in [-0.3, -0.25) is 4.72 Å². The summed E-state index contributed by atoms with van der Waals surface area (Å²) in [7, 11) is -7.00. The lowest BCUT2D eigenvalue weighted by molar-refractivity contribution is 0.593. The Balaban J connectivity index is 2.74. The van der Waals surface area contributed by atoms with Crippen LogP contribution in [0.5, 0.6) is 0 Å². The average molecular weight is 343 g/mol. The van der Waals surface area contributed by atoms with E-state index in [1.807, 2.05) is 0 Å². The molecule has 9 heteroatoms. The highest BCUT2D eigenvalue weighted by atomic mass is 79.9. The Kier molecular flexibility index (Phi) is 4.50. The molecule has 0 fully saturated rings. The molecule has 0 atom stereocenters. The van der Waals surface area contributed by atoms with E-state index in [1.165, 1.54) is 12.3 Å². The first-order valence-corrected chi connectivity index (χ1v) is 8.98. The Bertz CT molecular complexity index is 598. The van der Waals surface area contributed by atoms with Crippen molar-refractivity contribution in [2.24, 2.45) is 0 Å². The molecule has 0 aliphatic carbocycles. The summed E-state index contributed by atoms with van der Waals surface area (Å²) in [5.41, 5.74) is 0. The summed E-state index contributed by atoms with van der Waals surface area (Å²) < 4.78 is 47.7. The molecule has 96 valence electrons. The normalized spacial score (nSPS) is 12.4. The van der Waals surface area contributed by atoms with Gasteiger partial charge in [0.15, 0.2) is 0 Å². The SMILES string of the molecule is CS(=O)(=O)CCS(=O)(=O)Nc1cc(Br)ccn1. The minimum atomic E-state index is -3.70. The summed E-state index contributed by atoms with van der Waals surface area (Å²) in [5, 5.41) is 0. The number of nitrogens with zero attached hydrogens (tertiary/aromatic N) is 1. The van der Waals surface area contributed by atoms with Gasteiger partial charge in [0, 0.05) is 16.9 Å². The molecule has 0 bridgehead atoms. The van der Waals surface area contributed by atoms with Gasteiger partial charge in [0.05, 0.1) is 11.5 Å². The van der Waals surface area contributed by atoms with Crippen molar-refractivity contribution >= 4 is 41.6 Å². The zero-order valence-electron chi connectivity index (χ0n) is 8.92. The highest BCUT2D eigenvalue weighted by molar-refractivity contribution is 9.10. The zero-order chi connectivity index (χ0) is 13.1. The molecule has 1 rings (SSSR count). The second-order valence-corrected chi connectivity index (χ2v) is 8.43. The molecule has 0 aliphatic rings. The number of sulfone groups is 1. The van der Waals surface area contributed by atoms with Gasteiger partial charge in [-0.05, 0) is 12.1 Å². The van der Waals surface area contributed by atoms with E-state index in [0.717, 1.165) is 6.26 Å². The summed E-state index contributed by atoms with van der Waals surface area (Å²) >= 11 is 3.17. The molecule has 0 amide bonds.